The Balaban J connectivity index is 1.67. The van der Waals surface area contributed by atoms with Crippen molar-refractivity contribution in [3.63, 3.8) is 0 Å². The average molecular weight is 491 g/mol. The smallest absolute Gasteiger partial charge is 0.255 e. The maximum absolute atomic E-state index is 13.6. The van der Waals surface area contributed by atoms with Crippen LogP contribution in [-0.4, -0.2) is 57.6 Å². The molecular weight excluding hydrogens is 464 g/mol. The third kappa shape index (κ3) is 3.16. The van der Waals surface area contributed by atoms with Crippen LogP contribution >= 0.6 is 0 Å². The van der Waals surface area contributed by atoms with Crippen LogP contribution in [0.25, 0.3) is 16.9 Å². The minimum atomic E-state index is -2.56. The number of nitrogens with zero attached hydrogens (tertiary/aromatic N) is 1. The third-order valence-corrected chi connectivity index (χ3v) is 7.64. The zero-order chi connectivity index (χ0) is 26.1. The number of fused-ring (bicyclic) bond motifs is 3. The first-order valence-corrected chi connectivity index (χ1v) is 11.6. The molecule has 0 aromatic heterocycles. The fraction of sp³-hybridized carbons (Fsp3) is 0.296. The number of aliphatic hydroxyl groups excluding tert-OH is 2. The second kappa shape index (κ2) is 7.96. The number of Topliss-reactive ketones (excluding diaryl/α,β-unsaturated/α-hetero) is 2. The normalized spacial score (nSPS) is 25.3. The molecule has 2 aromatic carbocycles. The second-order valence-electron chi connectivity index (χ2n) is 9.83. The van der Waals surface area contributed by atoms with Crippen LogP contribution < -0.4 is 10.6 Å². The molecule has 9 heteroatoms. The number of ketones is 2. The standard InChI is InChI=1S/C27H26N2O7/c1-29(2)15-5-3-12(4-6-15)16-7-8-18(30)21-17(16)10-13-9-14-11-19(31)22(26(28)35)25(34)27(14,36)24(33)20(13)23(21)32/h3-8,13-14,30,32,34,36H,9-11H2,1-2H3,(H2,28,35). The van der Waals surface area contributed by atoms with Gasteiger partial charge in [-0.05, 0) is 53.6 Å². The van der Waals surface area contributed by atoms with E-state index < -0.39 is 52.0 Å². The van der Waals surface area contributed by atoms with E-state index in [2.05, 4.69) is 0 Å². The highest BCUT2D eigenvalue weighted by molar-refractivity contribution is 6.22. The minimum Gasteiger partial charge on any atom is -0.508 e. The molecule has 0 radical (unpaired) electrons. The van der Waals surface area contributed by atoms with Gasteiger partial charge in [-0.3, -0.25) is 14.4 Å². The molecule has 0 saturated heterocycles. The Morgan fingerprint density at radius 3 is 2.31 bits per heavy atom. The summed E-state index contributed by atoms with van der Waals surface area (Å²) in [6, 6.07) is 10.9. The molecule has 3 unspecified atom stereocenters. The molecule has 0 heterocycles. The first kappa shape index (κ1) is 23.6. The molecule has 1 saturated carbocycles. The molecule has 1 amide bonds. The topological polar surface area (TPSA) is 161 Å². The Hall–Kier alpha value is -4.11. The highest BCUT2D eigenvalue weighted by Crippen LogP contribution is 2.53. The van der Waals surface area contributed by atoms with Crippen LogP contribution in [0.2, 0.25) is 0 Å². The van der Waals surface area contributed by atoms with Gasteiger partial charge in [0, 0.05) is 37.7 Å². The Kier molecular flexibility index (Phi) is 5.22. The number of primary amides is 1. The van der Waals surface area contributed by atoms with Gasteiger partial charge in [-0.25, -0.2) is 0 Å². The molecule has 0 spiro atoms. The average Bonchev–Trinajstić information content (AvgIpc) is 2.81. The van der Waals surface area contributed by atoms with Gasteiger partial charge < -0.3 is 31.1 Å². The largest absolute Gasteiger partial charge is 0.508 e. The lowest BCUT2D eigenvalue weighted by Gasteiger charge is -2.46. The number of carbonyl (C=O) groups excluding carboxylic acids is 3. The number of carbonyl (C=O) groups is 3. The zero-order valence-corrected chi connectivity index (χ0v) is 19.8. The number of amides is 1. The van der Waals surface area contributed by atoms with E-state index in [4.69, 9.17) is 5.73 Å². The van der Waals surface area contributed by atoms with Crippen molar-refractivity contribution in [2.24, 2.45) is 17.6 Å². The van der Waals surface area contributed by atoms with Gasteiger partial charge in [-0.2, -0.15) is 0 Å². The molecular formula is C27H26N2O7. The number of aromatic hydroxyl groups is 1. The summed E-state index contributed by atoms with van der Waals surface area (Å²) in [5.74, 6) is -6.37. The van der Waals surface area contributed by atoms with Crippen LogP contribution in [0.4, 0.5) is 5.69 Å². The number of phenolic OH excluding ortho intramolecular Hbond substituents is 1. The van der Waals surface area contributed by atoms with E-state index in [1.54, 1.807) is 6.07 Å². The van der Waals surface area contributed by atoms with Crippen molar-refractivity contribution in [1.82, 2.24) is 0 Å². The van der Waals surface area contributed by atoms with Gasteiger partial charge in [0.1, 0.15) is 22.8 Å². The van der Waals surface area contributed by atoms with Crippen molar-refractivity contribution in [2.45, 2.75) is 24.9 Å². The van der Waals surface area contributed by atoms with E-state index in [0.29, 0.717) is 5.56 Å². The summed E-state index contributed by atoms with van der Waals surface area (Å²) >= 11 is 0. The quantitative estimate of drug-likeness (QED) is 0.409. The summed E-state index contributed by atoms with van der Waals surface area (Å²) in [4.78, 5) is 39.8. The lowest BCUT2D eigenvalue weighted by molar-refractivity contribution is -0.147. The van der Waals surface area contributed by atoms with Crippen molar-refractivity contribution in [2.75, 3.05) is 19.0 Å². The molecule has 0 bridgehead atoms. The highest BCUT2D eigenvalue weighted by atomic mass is 16.3. The molecule has 0 aliphatic heterocycles. The molecule has 6 N–H and O–H groups in total. The summed E-state index contributed by atoms with van der Waals surface area (Å²) in [6.45, 7) is 0. The van der Waals surface area contributed by atoms with Gasteiger partial charge in [0.15, 0.2) is 11.4 Å². The first-order valence-electron chi connectivity index (χ1n) is 11.6. The van der Waals surface area contributed by atoms with E-state index in [9.17, 15) is 34.8 Å². The fourth-order valence-corrected chi connectivity index (χ4v) is 5.83. The number of hydrogen-bond acceptors (Lipinski definition) is 8. The van der Waals surface area contributed by atoms with Crippen LogP contribution in [0.3, 0.4) is 0 Å². The Bertz CT molecular complexity index is 1400. The van der Waals surface area contributed by atoms with E-state index in [-0.39, 0.29) is 36.1 Å². The van der Waals surface area contributed by atoms with Crippen molar-refractivity contribution < 1.29 is 34.8 Å². The van der Waals surface area contributed by atoms with E-state index in [1.165, 1.54) is 6.07 Å². The second-order valence-corrected chi connectivity index (χ2v) is 9.83. The van der Waals surface area contributed by atoms with Crippen LogP contribution in [0.1, 0.15) is 24.0 Å². The Morgan fingerprint density at radius 2 is 1.69 bits per heavy atom. The van der Waals surface area contributed by atoms with Crippen LogP contribution in [-0.2, 0) is 20.8 Å². The van der Waals surface area contributed by atoms with Crippen LogP contribution in [0.15, 0.2) is 53.3 Å². The summed E-state index contributed by atoms with van der Waals surface area (Å²) in [6.07, 6.45) is 0.00595. The van der Waals surface area contributed by atoms with Crippen molar-refractivity contribution in [3.05, 3.63) is 64.4 Å². The fourth-order valence-electron chi connectivity index (χ4n) is 5.83. The lowest BCUT2D eigenvalue weighted by atomic mass is 9.59. The summed E-state index contributed by atoms with van der Waals surface area (Å²) in [5.41, 5.74) is 5.03. The highest BCUT2D eigenvalue weighted by Gasteiger charge is 2.60. The SMILES string of the molecule is CN(C)c1ccc(-c2ccc(O)c3c2CC2CC4CC(=O)C(C(N)=O)=C(O)C4(O)C(=O)C2=C3O)cc1. The molecule has 186 valence electrons. The Morgan fingerprint density at radius 1 is 1.03 bits per heavy atom. The van der Waals surface area contributed by atoms with Crippen molar-refractivity contribution >= 4 is 28.9 Å². The predicted octanol–water partition coefficient (Wildman–Crippen LogP) is 2.16. The van der Waals surface area contributed by atoms with Gasteiger partial charge in [0.05, 0.1) is 5.56 Å². The number of aliphatic hydroxyl groups is 3. The van der Waals surface area contributed by atoms with E-state index in [1.807, 2.05) is 43.3 Å². The summed E-state index contributed by atoms with van der Waals surface area (Å²) in [7, 11) is 3.86. The maximum Gasteiger partial charge on any atom is 0.255 e. The first-order chi connectivity index (χ1) is 17.0. The Labute approximate surface area is 206 Å². The number of benzene rings is 2. The van der Waals surface area contributed by atoms with Crippen molar-refractivity contribution in [1.29, 1.82) is 0 Å². The van der Waals surface area contributed by atoms with E-state index >= 15 is 0 Å². The molecule has 1 fully saturated rings. The summed E-state index contributed by atoms with van der Waals surface area (Å²) in [5, 5.41) is 43.8. The van der Waals surface area contributed by atoms with Gasteiger partial charge in [0.25, 0.3) is 5.91 Å². The van der Waals surface area contributed by atoms with E-state index in [0.717, 1.165) is 16.8 Å². The number of rotatable bonds is 3. The molecule has 36 heavy (non-hydrogen) atoms. The lowest BCUT2D eigenvalue weighted by Crippen LogP contribution is -2.58. The number of phenols is 1. The molecule has 2 aromatic rings. The third-order valence-electron chi connectivity index (χ3n) is 7.64. The monoisotopic (exact) mass is 490 g/mol. The molecule has 9 nitrogen and oxygen atoms in total. The molecule has 5 rings (SSSR count). The zero-order valence-electron chi connectivity index (χ0n) is 19.8. The number of anilines is 1. The molecule has 3 atom stereocenters. The number of nitrogens with two attached hydrogens (primary N) is 1. The van der Waals surface area contributed by atoms with Crippen LogP contribution in [0, 0.1) is 11.8 Å². The minimum absolute atomic E-state index is 0.0799. The van der Waals surface area contributed by atoms with Gasteiger partial charge >= 0.3 is 0 Å². The van der Waals surface area contributed by atoms with Crippen LogP contribution in [0.5, 0.6) is 5.75 Å². The molecule has 3 aliphatic rings. The molecule has 3 aliphatic carbocycles. The van der Waals surface area contributed by atoms with Gasteiger partial charge in [-0.15, -0.1) is 0 Å². The van der Waals surface area contributed by atoms with Crippen molar-refractivity contribution in [3.8, 4) is 16.9 Å². The van der Waals surface area contributed by atoms with Gasteiger partial charge in [0.2, 0.25) is 5.78 Å². The van der Waals surface area contributed by atoms with Gasteiger partial charge in [-0.1, -0.05) is 18.2 Å². The summed E-state index contributed by atoms with van der Waals surface area (Å²) < 4.78 is 0. The number of hydrogen-bond donors (Lipinski definition) is 5. The predicted molar refractivity (Wildman–Crippen MR) is 131 cm³/mol. The maximum atomic E-state index is 13.6.